The topological polar surface area (TPSA) is 56.7 Å². The number of anilines is 1. The van der Waals surface area contributed by atoms with Crippen molar-refractivity contribution in [3.63, 3.8) is 0 Å². The van der Waals surface area contributed by atoms with Gasteiger partial charge in [0.25, 0.3) is 0 Å². The number of rotatable bonds is 1. The molecule has 0 amide bonds. The monoisotopic (exact) mass is 166 g/mol. The van der Waals surface area contributed by atoms with Crippen molar-refractivity contribution in [2.75, 3.05) is 5.73 Å². The summed E-state index contributed by atoms with van der Waals surface area (Å²) in [7, 11) is 0. The highest BCUT2D eigenvalue weighted by Gasteiger charge is 2.16. The molecule has 0 spiro atoms. The first-order valence-electron chi connectivity index (χ1n) is 4.53. The Bertz CT molecular complexity index is 249. The molecule has 2 rings (SSSR count). The molecule has 0 saturated heterocycles. The van der Waals surface area contributed by atoms with Gasteiger partial charge in [0, 0.05) is 6.04 Å². The van der Waals surface area contributed by atoms with Crippen LogP contribution in [0.2, 0.25) is 0 Å². The fourth-order valence-electron chi connectivity index (χ4n) is 1.89. The van der Waals surface area contributed by atoms with Crippen LogP contribution >= 0.6 is 0 Å². The van der Waals surface area contributed by atoms with Crippen molar-refractivity contribution in [3.8, 4) is 0 Å². The molecule has 12 heavy (non-hydrogen) atoms. The summed E-state index contributed by atoms with van der Waals surface area (Å²) in [5.74, 6) is 0.557. The first-order chi connectivity index (χ1) is 5.88. The average Bonchev–Trinajstić information content (AvgIpc) is 2.53. The van der Waals surface area contributed by atoms with Gasteiger partial charge >= 0.3 is 0 Å². The predicted octanol–water partition coefficient (Wildman–Crippen LogP) is 1.37. The molecular weight excluding hydrogens is 152 g/mol. The summed E-state index contributed by atoms with van der Waals surface area (Å²) < 4.78 is 2.00. The molecule has 4 nitrogen and oxygen atoms in total. The molecule has 1 heterocycles. The minimum atomic E-state index is 0.550. The van der Waals surface area contributed by atoms with E-state index in [1.54, 1.807) is 6.33 Å². The smallest absolute Gasteiger partial charge is 0.222 e. The first kappa shape index (κ1) is 7.58. The van der Waals surface area contributed by atoms with E-state index in [-0.39, 0.29) is 0 Å². The summed E-state index contributed by atoms with van der Waals surface area (Å²) in [6, 6.07) is 0.550. The molecule has 4 heteroatoms. The van der Waals surface area contributed by atoms with Crippen LogP contribution in [0.5, 0.6) is 0 Å². The largest absolute Gasteiger partial charge is 0.368 e. The van der Waals surface area contributed by atoms with Crippen molar-refractivity contribution in [3.05, 3.63) is 6.33 Å². The normalized spacial score (nSPS) is 19.7. The maximum atomic E-state index is 5.66. The molecule has 1 saturated carbocycles. The van der Waals surface area contributed by atoms with Crippen LogP contribution in [0.4, 0.5) is 5.95 Å². The highest BCUT2D eigenvalue weighted by molar-refractivity contribution is 5.14. The Morgan fingerprint density at radius 2 is 2.08 bits per heavy atom. The number of nitrogen functional groups attached to an aromatic ring is 1. The Morgan fingerprint density at radius 3 is 2.67 bits per heavy atom. The fraction of sp³-hybridized carbons (Fsp3) is 0.750. The molecule has 1 aliphatic rings. The van der Waals surface area contributed by atoms with Crippen LogP contribution in [0.25, 0.3) is 0 Å². The summed E-state index contributed by atoms with van der Waals surface area (Å²) in [5.41, 5.74) is 5.66. The van der Waals surface area contributed by atoms with Crippen LogP contribution in [0.3, 0.4) is 0 Å². The summed E-state index contributed by atoms with van der Waals surface area (Å²) in [4.78, 5) is 0. The molecule has 1 aromatic rings. The second-order valence-electron chi connectivity index (χ2n) is 3.39. The van der Waals surface area contributed by atoms with E-state index in [0.717, 1.165) is 0 Å². The molecule has 0 aromatic carbocycles. The third-order valence-electron chi connectivity index (χ3n) is 2.57. The number of hydrogen-bond donors (Lipinski definition) is 1. The van der Waals surface area contributed by atoms with E-state index < -0.39 is 0 Å². The molecule has 0 radical (unpaired) electrons. The van der Waals surface area contributed by atoms with Gasteiger partial charge in [-0.25, -0.2) is 0 Å². The number of nitrogens with zero attached hydrogens (tertiary/aromatic N) is 3. The Labute approximate surface area is 71.8 Å². The summed E-state index contributed by atoms with van der Waals surface area (Å²) in [5, 5.41) is 7.57. The van der Waals surface area contributed by atoms with Gasteiger partial charge in [0.15, 0.2) is 0 Å². The van der Waals surface area contributed by atoms with Crippen molar-refractivity contribution in [1.29, 1.82) is 0 Å². The molecule has 1 aliphatic carbocycles. The van der Waals surface area contributed by atoms with E-state index in [0.29, 0.717) is 12.0 Å². The fourth-order valence-corrected chi connectivity index (χ4v) is 1.89. The van der Waals surface area contributed by atoms with Gasteiger partial charge in [-0.15, -0.1) is 10.2 Å². The van der Waals surface area contributed by atoms with Crippen LogP contribution < -0.4 is 5.73 Å². The third-order valence-corrected chi connectivity index (χ3v) is 2.57. The molecular formula is C8H14N4. The zero-order valence-corrected chi connectivity index (χ0v) is 7.11. The lowest BCUT2D eigenvalue weighted by molar-refractivity contribution is 0.356. The minimum absolute atomic E-state index is 0.550. The molecule has 0 atom stereocenters. The van der Waals surface area contributed by atoms with Crippen molar-refractivity contribution in [2.45, 2.75) is 38.1 Å². The summed E-state index contributed by atoms with van der Waals surface area (Å²) >= 11 is 0. The molecule has 0 bridgehead atoms. The standard InChI is InChI=1S/C8H14N4/c9-8-11-10-6-12(8)7-4-2-1-3-5-7/h6-7H,1-5H2,(H2,9,11). The number of aromatic nitrogens is 3. The van der Waals surface area contributed by atoms with Gasteiger partial charge < -0.3 is 5.73 Å². The second kappa shape index (κ2) is 3.13. The van der Waals surface area contributed by atoms with E-state index in [2.05, 4.69) is 10.2 Å². The Balaban J connectivity index is 2.13. The molecule has 0 unspecified atom stereocenters. The molecule has 1 aromatic heterocycles. The maximum absolute atomic E-state index is 5.66. The van der Waals surface area contributed by atoms with E-state index in [1.165, 1.54) is 32.1 Å². The molecule has 66 valence electrons. The van der Waals surface area contributed by atoms with Gasteiger partial charge in [0.05, 0.1) is 0 Å². The van der Waals surface area contributed by atoms with Crippen molar-refractivity contribution < 1.29 is 0 Å². The maximum Gasteiger partial charge on any atom is 0.222 e. The van der Waals surface area contributed by atoms with E-state index >= 15 is 0 Å². The number of hydrogen-bond acceptors (Lipinski definition) is 3. The number of nitrogens with two attached hydrogens (primary N) is 1. The highest BCUT2D eigenvalue weighted by Crippen LogP contribution is 2.28. The van der Waals surface area contributed by atoms with Crippen molar-refractivity contribution in [2.24, 2.45) is 0 Å². The minimum Gasteiger partial charge on any atom is -0.368 e. The lowest BCUT2D eigenvalue weighted by atomic mass is 9.95. The van der Waals surface area contributed by atoms with Gasteiger partial charge in [-0.05, 0) is 12.8 Å². The van der Waals surface area contributed by atoms with Crippen molar-refractivity contribution in [1.82, 2.24) is 14.8 Å². The Hall–Kier alpha value is -1.06. The molecule has 0 aliphatic heterocycles. The SMILES string of the molecule is Nc1nncn1C1CCCCC1. The first-order valence-corrected chi connectivity index (χ1v) is 4.53. The second-order valence-corrected chi connectivity index (χ2v) is 3.39. The van der Waals surface area contributed by atoms with E-state index in [4.69, 9.17) is 5.73 Å². The predicted molar refractivity (Wildman–Crippen MR) is 46.6 cm³/mol. The van der Waals surface area contributed by atoms with Crippen molar-refractivity contribution >= 4 is 5.95 Å². The Morgan fingerprint density at radius 1 is 1.33 bits per heavy atom. The quantitative estimate of drug-likeness (QED) is 0.685. The summed E-state index contributed by atoms with van der Waals surface area (Å²) in [6.45, 7) is 0. The van der Waals surface area contributed by atoms with E-state index in [9.17, 15) is 0 Å². The van der Waals surface area contributed by atoms with Gasteiger partial charge in [-0.2, -0.15) is 0 Å². The van der Waals surface area contributed by atoms with Crippen LogP contribution in [-0.2, 0) is 0 Å². The van der Waals surface area contributed by atoms with Crippen LogP contribution in [-0.4, -0.2) is 14.8 Å². The van der Waals surface area contributed by atoms with Gasteiger partial charge in [0.1, 0.15) is 6.33 Å². The zero-order valence-electron chi connectivity index (χ0n) is 7.11. The third kappa shape index (κ3) is 1.29. The molecule has 2 N–H and O–H groups in total. The van der Waals surface area contributed by atoms with Gasteiger partial charge in [-0.1, -0.05) is 19.3 Å². The van der Waals surface area contributed by atoms with Crippen LogP contribution in [0.1, 0.15) is 38.1 Å². The lowest BCUT2D eigenvalue weighted by Gasteiger charge is -2.22. The van der Waals surface area contributed by atoms with Crippen LogP contribution in [0, 0.1) is 0 Å². The zero-order chi connectivity index (χ0) is 8.39. The Kier molecular flexibility index (Phi) is 1.98. The highest BCUT2D eigenvalue weighted by atomic mass is 15.3. The lowest BCUT2D eigenvalue weighted by Crippen LogP contribution is -2.14. The summed E-state index contributed by atoms with van der Waals surface area (Å²) in [6.07, 6.45) is 8.17. The van der Waals surface area contributed by atoms with Gasteiger partial charge in [-0.3, -0.25) is 4.57 Å². The van der Waals surface area contributed by atoms with Gasteiger partial charge in [0.2, 0.25) is 5.95 Å². The van der Waals surface area contributed by atoms with E-state index in [1.807, 2.05) is 4.57 Å². The molecule has 1 fully saturated rings. The average molecular weight is 166 g/mol. The van der Waals surface area contributed by atoms with Crippen LogP contribution in [0.15, 0.2) is 6.33 Å².